The number of aromatic nitrogens is 3. The van der Waals surface area contributed by atoms with Crippen LogP contribution >= 0.6 is 0 Å². The average molecular weight is 349 g/mol. The van der Waals surface area contributed by atoms with Crippen LogP contribution in [0.5, 0.6) is 0 Å². The van der Waals surface area contributed by atoms with Crippen LogP contribution in [0.4, 0.5) is 5.82 Å². The van der Waals surface area contributed by atoms with Gasteiger partial charge in [0, 0.05) is 24.7 Å². The largest absolute Gasteiger partial charge is 0.461 e. The summed E-state index contributed by atoms with van der Waals surface area (Å²) in [6.07, 6.45) is 6.21. The fourth-order valence-electron chi connectivity index (χ4n) is 3.31. The minimum absolute atomic E-state index is 0.107. The lowest BCUT2D eigenvalue weighted by Crippen LogP contribution is -2.17. The maximum absolute atomic E-state index is 5.53. The van der Waals surface area contributed by atoms with Gasteiger partial charge in [-0.1, -0.05) is 13.0 Å². The van der Waals surface area contributed by atoms with E-state index in [1.807, 2.05) is 30.5 Å². The van der Waals surface area contributed by atoms with Crippen molar-refractivity contribution in [3.05, 3.63) is 59.7 Å². The summed E-state index contributed by atoms with van der Waals surface area (Å²) in [5.74, 6) is 2.22. The SMILES string of the molecule is CC[C@H](Nc1nc(-c2ccco2)nc2c1CCNCC2)c1ccccn1. The Morgan fingerprint density at radius 3 is 2.85 bits per heavy atom. The monoisotopic (exact) mass is 349 g/mol. The Kier molecular flexibility index (Phi) is 4.93. The van der Waals surface area contributed by atoms with Gasteiger partial charge in [-0.05, 0) is 43.7 Å². The standard InChI is InChI=1S/C20H23N5O/c1-2-15(17-6-3-4-10-22-17)23-19-14-8-11-21-12-9-16(14)24-20(25-19)18-7-5-13-26-18/h3-7,10,13,15,21H,2,8-9,11-12H2,1H3,(H,23,24,25)/t15-/m0/s1. The lowest BCUT2D eigenvalue weighted by molar-refractivity contribution is 0.576. The second-order valence-electron chi connectivity index (χ2n) is 6.41. The molecule has 0 fully saturated rings. The van der Waals surface area contributed by atoms with E-state index in [1.165, 1.54) is 5.56 Å². The molecule has 4 rings (SSSR count). The number of furan rings is 1. The van der Waals surface area contributed by atoms with Gasteiger partial charge in [0.1, 0.15) is 5.82 Å². The molecule has 0 spiro atoms. The Bertz CT molecular complexity index is 848. The smallest absolute Gasteiger partial charge is 0.197 e. The van der Waals surface area contributed by atoms with E-state index in [0.29, 0.717) is 11.6 Å². The van der Waals surface area contributed by atoms with Crippen LogP contribution in [-0.2, 0) is 12.8 Å². The molecule has 0 radical (unpaired) electrons. The van der Waals surface area contributed by atoms with E-state index in [-0.39, 0.29) is 6.04 Å². The Hall–Kier alpha value is -2.73. The molecule has 0 bridgehead atoms. The number of anilines is 1. The van der Waals surface area contributed by atoms with E-state index >= 15 is 0 Å². The predicted octanol–water partition coefficient (Wildman–Crippen LogP) is 3.38. The van der Waals surface area contributed by atoms with Gasteiger partial charge < -0.3 is 15.1 Å². The molecule has 6 heteroatoms. The second-order valence-corrected chi connectivity index (χ2v) is 6.41. The number of nitrogens with zero attached hydrogens (tertiary/aromatic N) is 3. The van der Waals surface area contributed by atoms with Crippen molar-refractivity contribution in [2.45, 2.75) is 32.2 Å². The third kappa shape index (κ3) is 3.46. The van der Waals surface area contributed by atoms with Crippen molar-refractivity contribution in [2.75, 3.05) is 18.4 Å². The summed E-state index contributed by atoms with van der Waals surface area (Å²) in [5, 5.41) is 7.06. The average Bonchev–Trinajstić information content (AvgIpc) is 3.12. The molecule has 0 saturated heterocycles. The van der Waals surface area contributed by atoms with Crippen molar-refractivity contribution >= 4 is 5.82 Å². The van der Waals surface area contributed by atoms with Crippen LogP contribution in [0, 0.1) is 0 Å². The number of nitrogens with one attached hydrogen (secondary N) is 2. The van der Waals surface area contributed by atoms with Crippen LogP contribution in [0.15, 0.2) is 47.2 Å². The van der Waals surface area contributed by atoms with Gasteiger partial charge in [-0.3, -0.25) is 4.98 Å². The van der Waals surface area contributed by atoms with Gasteiger partial charge in [-0.25, -0.2) is 9.97 Å². The fraction of sp³-hybridized carbons (Fsp3) is 0.350. The topological polar surface area (TPSA) is 75.9 Å². The summed E-state index contributed by atoms with van der Waals surface area (Å²) in [6, 6.07) is 9.88. The molecular formula is C20H23N5O. The summed E-state index contributed by atoms with van der Waals surface area (Å²) in [6.45, 7) is 4.02. The van der Waals surface area contributed by atoms with Crippen molar-refractivity contribution in [3.63, 3.8) is 0 Å². The van der Waals surface area contributed by atoms with Gasteiger partial charge in [-0.2, -0.15) is 0 Å². The van der Waals surface area contributed by atoms with Crippen LogP contribution in [0.25, 0.3) is 11.6 Å². The maximum Gasteiger partial charge on any atom is 0.197 e. The highest BCUT2D eigenvalue weighted by Crippen LogP contribution is 2.28. The van der Waals surface area contributed by atoms with E-state index in [9.17, 15) is 0 Å². The highest BCUT2D eigenvalue weighted by atomic mass is 16.3. The molecule has 2 N–H and O–H groups in total. The van der Waals surface area contributed by atoms with Gasteiger partial charge >= 0.3 is 0 Å². The van der Waals surface area contributed by atoms with Crippen molar-refractivity contribution in [1.82, 2.24) is 20.3 Å². The number of pyridine rings is 1. The Morgan fingerprint density at radius 1 is 1.15 bits per heavy atom. The molecule has 0 unspecified atom stereocenters. The first-order chi connectivity index (χ1) is 12.8. The molecule has 4 heterocycles. The second kappa shape index (κ2) is 7.66. The zero-order valence-corrected chi connectivity index (χ0v) is 14.9. The first-order valence-corrected chi connectivity index (χ1v) is 9.17. The highest BCUT2D eigenvalue weighted by molar-refractivity contribution is 5.56. The number of rotatable bonds is 5. The molecule has 0 saturated carbocycles. The zero-order valence-electron chi connectivity index (χ0n) is 14.9. The quantitative estimate of drug-likeness (QED) is 0.735. The van der Waals surface area contributed by atoms with Gasteiger partial charge in [0.05, 0.1) is 23.7 Å². The lowest BCUT2D eigenvalue weighted by atomic mass is 10.1. The normalized spacial score (nSPS) is 15.1. The molecule has 0 aromatic carbocycles. The summed E-state index contributed by atoms with van der Waals surface area (Å²) in [7, 11) is 0. The van der Waals surface area contributed by atoms with Crippen LogP contribution < -0.4 is 10.6 Å². The van der Waals surface area contributed by atoms with Crippen molar-refractivity contribution < 1.29 is 4.42 Å². The van der Waals surface area contributed by atoms with Crippen LogP contribution in [-0.4, -0.2) is 28.0 Å². The number of fused-ring (bicyclic) bond motifs is 1. The molecule has 6 nitrogen and oxygen atoms in total. The molecule has 1 aliphatic heterocycles. The van der Waals surface area contributed by atoms with Gasteiger partial charge in [0.25, 0.3) is 0 Å². The number of hydrogen-bond donors (Lipinski definition) is 2. The van der Waals surface area contributed by atoms with E-state index in [2.05, 4.69) is 28.6 Å². The molecule has 3 aromatic heterocycles. The first kappa shape index (κ1) is 16.7. The Labute approximate surface area is 153 Å². The maximum atomic E-state index is 5.53. The Balaban J connectivity index is 1.74. The van der Waals surface area contributed by atoms with Gasteiger partial charge in [0.2, 0.25) is 0 Å². The Morgan fingerprint density at radius 2 is 2.08 bits per heavy atom. The molecular weight excluding hydrogens is 326 g/mol. The van der Waals surface area contributed by atoms with Gasteiger partial charge in [0.15, 0.2) is 11.6 Å². The van der Waals surface area contributed by atoms with Crippen molar-refractivity contribution in [2.24, 2.45) is 0 Å². The summed E-state index contributed by atoms with van der Waals surface area (Å²) >= 11 is 0. The summed E-state index contributed by atoms with van der Waals surface area (Å²) in [5.41, 5.74) is 3.31. The third-order valence-electron chi connectivity index (χ3n) is 4.69. The molecule has 134 valence electrons. The third-order valence-corrected chi connectivity index (χ3v) is 4.69. The van der Waals surface area contributed by atoms with Crippen LogP contribution in [0.2, 0.25) is 0 Å². The molecule has 3 aromatic rings. The minimum Gasteiger partial charge on any atom is -0.461 e. The summed E-state index contributed by atoms with van der Waals surface area (Å²) < 4.78 is 5.53. The first-order valence-electron chi connectivity index (χ1n) is 9.17. The summed E-state index contributed by atoms with van der Waals surface area (Å²) in [4.78, 5) is 14.1. The lowest BCUT2D eigenvalue weighted by Gasteiger charge is -2.20. The van der Waals surface area contributed by atoms with Crippen LogP contribution in [0.3, 0.4) is 0 Å². The van der Waals surface area contributed by atoms with E-state index < -0.39 is 0 Å². The van der Waals surface area contributed by atoms with Crippen LogP contribution in [0.1, 0.15) is 36.3 Å². The highest BCUT2D eigenvalue weighted by Gasteiger charge is 2.21. The molecule has 1 atom stereocenters. The fourth-order valence-corrected chi connectivity index (χ4v) is 3.31. The minimum atomic E-state index is 0.107. The van der Waals surface area contributed by atoms with Crippen molar-refractivity contribution in [3.8, 4) is 11.6 Å². The molecule has 0 amide bonds. The zero-order chi connectivity index (χ0) is 17.8. The molecule has 1 aliphatic rings. The predicted molar refractivity (Wildman–Crippen MR) is 101 cm³/mol. The van der Waals surface area contributed by atoms with Crippen molar-refractivity contribution in [1.29, 1.82) is 0 Å². The number of hydrogen-bond acceptors (Lipinski definition) is 6. The molecule has 0 aliphatic carbocycles. The molecule has 26 heavy (non-hydrogen) atoms. The van der Waals surface area contributed by atoms with E-state index in [4.69, 9.17) is 14.4 Å². The van der Waals surface area contributed by atoms with E-state index in [1.54, 1.807) is 6.26 Å². The van der Waals surface area contributed by atoms with E-state index in [0.717, 1.165) is 49.6 Å². The van der Waals surface area contributed by atoms with Gasteiger partial charge in [-0.15, -0.1) is 0 Å².